The van der Waals surface area contributed by atoms with Gasteiger partial charge in [0.05, 0.1) is 0 Å². The predicted octanol–water partition coefficient (Wildman–Crippen LogP) is 2.52. The van der Waals surface area contributed by atoms with Gasteiger partial charge in [-0.1, -0.05) is 0 Å². The van der Waals surface area contributed by atoms with Crippen LogP contribution < -0.4 is 5.32 Å². The second kappa shape index (κ2) is 4.35. The molecule has 4 nitrogen and oxygen atoms in total. The highest BCUT2D eigenvalue weighted by molar-refractivity contribution is 5.64. The lowest BCUT2D eigenvalue weighted by molar-refractivity contribution is 0.509. The highest BCUT2D eigenvalue weighted by atomic mass is 19.2. The molecule has 1 aliphatic heterocycles. The van der Waals surface area contributed by atoms with Crippen LogP contribution >= 0.6 is 0 Å². The standard InChI is InChI=1S/C13H10F2N4/c14-9-3-2-8(6-10(9)15)12-18-11(7-16)13-17-4-1-5-19(12)13/h2-3,6,17H,1,4-5H2. The van der Waals surface area contributed by atoms with E-state index in [1.165, 1.54) is 6.07 Å². The maximum Gasteiger partial charge on any atom is 0.183 e. The van der Waals surface area contributed by atoms with E-state index < -0.39 is 11.6 Å². The molecule has 6 heteroatoms. The van der Waals surface area contributed by atoms with E-state index >= 15 is 0 Å². The SMILES string of the molecule is N#Cc1nc(-c2ccc(F)c(F)c2)n2c1NCCC2. The average Bonchev–Trinajstić information content (AvgIpc) is 2.81. The number of nitrogens with zero attached hydrogens (tertiary/aromatic N) is 3. The Morgan fingerprint density at radius 1 is 1.32 bits per heavy atom. The molecule has 0 amide bonds. The molecule has 0 saturated carbocycles. The minimum atomic E-state index is -0.919. The van der Waals surface area contributed by atoms with Gasteiger partial charge in [-0.05, 0) is 24.6 Å². The lowest BCUT2D eigenvalue weighted by Crippen LogP contribution is -2.17. The van der Waals surface area contributed by atoms with Crippen molar-refractivity contribution in [3.63, 3.8) is 0 Å². The van der Waals surface area contributed by atoms with Crippen LogP contribution in [0, 0.1) is 23.0 Å². The number of imidazole rings is 1. The van der Waals surface area contributed by atoms with Gasteiger partial charge in [-0.25, -0.2) is 13.8 Å². The maximum absolute atomic E-state index is 13.3. The normalized spacial score (nSPS) is 13.5. The third-order valence-corrected chi connectivity index (χ3v) is 3.10. The summed E-state index contributed by atoms with van der Waals surface area (Å²) in [5, 5.41) is 12.2. The van der Waals surface area contributed by atoms with Gasteiger partial charge in [0.1, 0.15) is 17.7 Å². The largest absolute Gasteiger partial charge is 0.369 e. The average molecular weight is 260 g/mol. The number of rotatable bonds is 1. The summed E-state index contributed by atoms with van der Waals surface area (Å²) in [5.74, 6) is -0.684. The Morgan fingerprint density at radius 2 is 2.16 bits per heavy atom. The summed E-state index contributed by atoms with van der Waals surface area (Å²) >= 11 is 0. The first kappa shape index (κ1) is 11.7. The van der Waals surface area contributed by atoms with Crippen LogP contribution in [0.3, 0.4) is 0 Å². The Labute approximate surface area is 108 Å². The molecule has 2 aromatic rings. The van der Waals surface area contributed by atoms with E-state index in [1.54, 1.807) is 0 Å². The Morgan fingerprint density at radius 3 is 2.89 bits per heavy atom. The van der Waals surface area contributed by atoms with Gasteiger partial charge in [-0.2, -0.15) is 5.26 Å². The number of fused-ring (bicyclic) bond motifs is 1. The van der Waals surface area contributed by atoms with E-state index in [2.05, 4.69) is 10.3 Å². The van der Waals surface area contributed by atoms with E-state index in [9.17, 15) is 8.78 Å². The molecule has 19 heavy (non-hydrogen) atoms. The van der Waals surface area contributed by atoms with Crippen molar-refractivity contribution in [1.29, 1.82) is 5.26 Å². The highest BCUT2D eigenvalue weighted by Gasteiger charge is 2.21. The van der Waals surface area contributed by atoms with Crippen LogP contribution in [-0.2, 0) is 6.54 Å². The third kappa shape index (κ3) is 1.83. The van der Waals surface area contributed by atoms with Crippen LogP contribution in [-0.4, -0.2) is 16.1 Å². The van der Waals surface area contributed by atoms with Gasteiger partial charge in [-0.15, -0.1) is 0 Å². The minimum absolute atomic E-state index is 0.277. The zero-order chi connectivity index (χ0) is 13.4. The first-order valence-electron chi connectivity index (χ1n) is 5.90. The topological polar surface area (TPSA) is 53.6 Å². The zero-order valence-corrected chi connectivity index (χ0v) is 9.95. The molecule has 1 aliphatic rings. The molecule has 0 spiro atoms. The number of hydrogen-bond donors (Lipinski definition) is 1. The Kier molecular flexibility index (Phi) is 2.67. The molecule has 0 saturated heterocycles. The van der Waals surface area contributed by atoms with Gasteiger partial charge < -0.3 is 9.88 Å². The van der Waals surface area contributed by atoms with Gasteiger partial charge in [0, 0.05) is 18.7 Å². The van der Waals surface area contributed by atoms with Crippen LogP contribution in [0.2, 0.25) is 0 Å². The van der Waals surface area contributed by atoms with Gasteiger partial charge >= 0.3 is 0 Å². The fourth-order valence-corrected chi connectivity index (χ4v) is 2.23. The fraction of sp³-hybridized carbons (Fsp3) is 0.231. The summed E-state index contributed by atoms with van der Waals surface area (Å²) in [5.41, 5.74) is 0.741. The van der Waals surface area contributed by atoms with Crippen molar-refractivity contribution in [2.75, 3.05) is 11.9 Å². The predicted molar refractivity (Wildman–Crippen MR) is 65.4 cm³/mol. The number of nitrogens with one attached hydrogen (secondary N) is 1. The van der Waals surface area contributed by atoms with Crippen molar-refractivity contribution in [2.24, 2.45) is 0 Å². The second-order valence-electron chi connectivity index (χ2n) is 4.31. The Balaban J connectivity index is 2.17. The molecule has 96 valence electrons. The molecule has 3 rings (SSSR count). The van der Waals surface area contributed by atoms with Crippen molar-refractivity contribution >= 4 is 5.82 Å². The van der Waals surface area contributed by atoms with Gasteiger partial charge in [0.2, 0.25) is 0 Å². The summed E-state index contributed by atoms with van der Waals surface area (Å²) < 4.78 is 28.1. The first-order valence-corrected chi connectivity index (χ1v) is 5.90. The molecule has 0 fully saturated rings. The highest BCUT2D eigenvalue weighted by Crippen LogP contribution is 2.29. The number of anilines is 1. The van der Waals surface area contributed by atoms with Crippen molar-refractivity contribution in [3.05, 3.63) is 35.5 Å². The van der Waals surface area contributed by atoms with Crippen molar-refractivity contribution in [1.82, 2.24) is 9.55 Å². The molecule has 1 aromatic carbocycles. The quantitative estimate of drug-likeness (QED) is 0.857. The van der Waals surface area contributed by atoms with Crippen LogP contribution in [0.4, 0.5) is 14.6 Å². The van der Waals surface area contributed by atoms with Gasteiger partial charge in [0.15, 0.2) is 17.3 Å². The molecule has 2 heterocycles. The third-order valence-electron chi connectivity index (χ3n) is 3.10. The molecule has 0 atom stereocenters. The molecule has 0 radical (unpaired) electrons. The Hall–Kier alpha value is -2.42. The van der Waals surface area contributed by atoms with Crippen LogP contribution in [0.15, 0.2) is 18.2 Å². The number of aromatic nitrogens is 2. The molecule has 0 aliphatic carbocycles. The summed E-state index contributed by atoms with van der Waals surface area (Å²) in [6, 6.07) is 5.63. The van der Waals surface area contributed by atoms with E-state index in [-0.39, 0.29) is 5.69 Å². The van der Waals surface area contributed by atoms with Gasteiger partial charge in [0.25, 0.3) is 0 Å². The van der Waals surface area contributed by atoms with E-state index in [0.29, 0.717) is 23.8 Å². The molecule has 0 unspecified atom stereocenters. The lowest BCUT2D eigenvalue weighted by Gasteiger charge is -2.18. The smallest absolute Gasteiger partial charge is 0.183 e. The molecule has 1 aromatic heterocycles. The summed E-state index contributed by atoms with van der Waals surface area (Å²) in [4.78, 5) is 4.20. The fourth-order valence-electron chi connectivity index (χ4n) is 2.23. The van der Waals surface area contributed by atoms with E-state index in [0.717, 1.165) is 25.1 Å². The second-order valence-corrected chi connectivity index (χ2v) is 4.31. The number of benzene rings is 1. The van der Waals surface area contributed by atoms with E-state index in [1.807, 2.05) is 10.6 Å². The Bertz CT molecular complexity index is 685. The number of hydrogen-bond acceptors (Lipinski definition) is 3. The van der Waals surface area contributed by atoms with Gasteiger partial charge in [-0.3, -0.25) is 0 Å². The monoisotopic (exact) mass is 260 g/mol. The molecular formula is C13H10F2N4. The molecule has 1 N–H and O–H groups in total. The summed E-state index contributed by atoms with van der Waals surface area (Å²) in [7, 11) is 0. The molecule has 0 bridgehead atoms. The molecular weight excluding hydrogens is 250 g/mol. The van der Waals surface area contributed by atoms with Crippen LogP contribution in [0.5, 0.6) is 0 Å². The summed E-state index contributed by atoms with van der Waals surface area (Å²) in [6.45, 7) is 1.48. The van der Waals surface area contributed by atoms with Crippen molar-refractivity contribution in [2.45, 2.75) is 13.0 Å². The zero-order valence-electron chi connectivity index (χ0n) is 9.95. The lowest BCUT2D eigenvalue weighted by atomic mass is 10.2. The van der Waals surface area contributed by atoms with Crippen LogP contribution in [0.25, 0.3) is 11.4 Å². The maximum atomic E-state index is 13.3. The minimum Gasteiger partial charge on any atom is -0.369 e. The summed E-state index contributed by atoms with van der Waals surface area (Å²) in [6.07, 6.45) is 0.894. The van der Waals surface area contributed by atoms with Crippen molar-refractivity contribution in [3.8, 4) is 17.5 Å². The number of halogens is 2. The van der Waals surface area contributed by atoms with E-state index in [4.69, 9.17) is 5.26 Å². The van der Waals surface area contributed by atoms with Crippen molar-refractivity contribution < 1.29 is 8.78 Å². The number of nitriles is 1. The first-order chi connectivity index (χ1) is 9.20. The van der Waals surface area contributed by atoms with Crippen LogP contribution in [0.1, 0.15) is 12.1 Å².